The van der Waals surface area contributed by atoms with Crippen LogP contribution in [0.1, 0.15) is 18.4 Å². The SMILES string of the molecule is N#CCc1ccccc1-c1nc(N2CCCC2)no1. The van der Waals surface area contributed by atoms with Crippen molar-refractivity contribution in [3.05, 3.63) is 29.8 Å². The summed E-state index contributed by atoms with van der Waals surface area (Å²) in [6.45, 7) is 1.97. The Kier molecular flexibility index (Phi) is 3.15. The molecule has 0 unspecified atom stereocenters. The summed E-state index contributed by atoms with van der Waals surface area (Å²) in [5, 5.41) is 12.9. The normalized spacial score (nSPS) is 14.6. The summed E-state index contributed by atoms with van der Waals surface area (Å²) in [6.07, 6.45) is 2.70. The molecule has 2 aromatic rings. The zero-order chi connectivity index (χ0) is 13.1. The van der Waals surface area contributed by atoms with E-state index in [9.17, 15) is 0 Å². The molecule has 5 nitrogen and oxygen atoms in total. The fraction of sp³-hybridized carbons (Fsp3) is 0.357. The largest absolute Gasteiger partial charge is 0.338 e. The van der Waals surface area contributed by atoms with Crippen molar-refractivity contribution in [2.75, 3.05) is 18.0 Å². The molecule has 5 heteroatoms. The molecule has 1 aliphatic heterocycles. The predicted octanol–water partition coefficient (Wildman–Crippen LogP) is 2.40. The van der Waals surface area contributed by atoms with Crippen LogP contribution in [-0.2, 0) is 6.42 Å². The van der Waals surface area contributed by atoms with E-state index in [1.54, 1.807) is 0 Å². The van der Waals surface area contributed by atoms with Crippen LogP contribution in [0, 0.1) is 11.3 Å². The molecule has 0 N–H and O–H groups in total. The van der Waals surface area contributed by atoms with Gasteiger partial charge in [0.2, 0.25) is 0 Å². The number of hydrogen-bond donors (Lipinski definition) is 0. The molecule has 3 rings (SSSR count). The van der Waals surface area contributed by atoms with E-state index in [4.69, 9.17) is 9.78 Å². The second-order valence-corrected chi connectivity index (χ2v) is 4.59. The molecule has 2 heterocycles. The summed E-state index contributed by atoms with van der Waals surface area (Å²) in [5.74, 6) is 1.15. The molecule has 1 aromatic heterocycles. The molecule has 0 aliphatic carbocycles. The topological polar surface area (TPSA) is 66.0 Å². The number of benzene rings is 1. The minimum Gasteiger partial charge on any atom is -0.338 e. The van der Waals surface area contributed by atoms with E-state index in [1.165, 1.54) is 12.8 Å². The lowest BCUT2D eigenvalue weighted by atomic mass is 10.1. The van der Waals surface area contributed by atoms with Crippen molar-refractivity contribution < 1.29 is 4.52 Å². The van der Waals surface area contributed by atoms with Gasteiger partial charge in [0.05, 0.1) is 12.5 Å². The van der Waals surface area contributed by atoms with Crippen molar-refractivity contribution in [2.45, 2.75) is 19.3 Å². The van der Waals surface area contributed by atoms with E-state index in [0.717, 1.165) is 24.2 Å². The lowest BCUT2D eigenvalue weighted by molar-refractivity contribution is 0.430. The van der Waals surface area contributed by atoms with Crippen molar-refractivity contribution in [3.63, 3.8) is 0 Å². The lowest BCUT2D eigenvalue weighted by Gasteiger charge is -2.09. The molecule has 0 radical (unpaired) electrons. The van der Waals surface area contributed by atoms with Gasteiger partial charge in [0.1, 0.15) is 0 Å². The Labute approximate surface area is 111 Å². The fourth-order valence-corrected chi connectivity index (χ4v) is 2.34. The van der Waals surface area contributed by atoms with Crippen molar-refractivity contribution in [1.29, 1.82) is 5.26 Å². The highest BCUT2D eigenvalue weighted by Crippen LogP contribution is 2.25. The van der Waals surface area contributed by atoms with Gasteiger partial charge in [-0.05, 0) is 29.6 Å². The summed E-state index contributed by atoms with van der Waals surface area (Å²) < 4.78 is 5.34. The van der Waals surface area contributed by atoms with Gasteiger partial charge in [-0.2, -0.15) is 10.2 Å². The summed E-state index contributed by atoms with van der Waals surface area (Å²) in [7, 11) is 0. The lowest BCUT2D eigenvalue weighted by Crippen LogP contribution is -2.18. The van der Waals surface area contributed by atoms with Crippen LogP contribution in [0.15, 0.2) is 28.8 Å². The van der Waals surface area contributed by atoms with Crippen LogP contribution in [0.4, 0.5) is 5.95 Å². The highest BCUT2D eigenvalue weighted by Gasteiger charge is 2.19. The van der Waals surface area contributed by atoms with Gasteiger partial charge in [0.15, 0.2) is 0 Å². The molecule has 0 atom stereocenters. The molecule has 0 bridgehead atoms. The van der Waals surface area contributed by atoms with Gasteiger partial charge in [-0.1, -0.05) is 18.2 Å². The van der Waals surface area contributed by atoms with Crippen LogP contribution >= 0.6 is 0 Å². The Morgan fingerprint density at radius 2 is 2.05 bits per heavy atom. The average molecular weight is 254 g/mol. The number of rotatable bonds is 3. The zero-order valence-electron chi connectivity index (χ0n) is 10.5. The third-order valence-electron chi connectivity index (χ3n) is 3.32. The fourth-order valence-electron chi connectivity index (χ4n) is 2.34. The van der Waals surface area contributed by atoms with Gasteiger partial charge in [-0.15, -0.1) is 0 Å². The highest BCUT2D eigenvalue weighted by atomic mass is 16.5. The van der Waals surface area contributed by atoms with Crippen molar-refractivity contribution in [3.8, 4) is 17.5 Å². The Bertz CT molecular complexity index is 608. The molecule has 1 fully saturated rings. The Morgan fingerprint density at radius 1 is 1.26 bits per heavy atom. The third-order valence-corrected chi connectivity index (χ3v) is 3.32. The minimum atomic E-state index is 0.345. The maximum atomic E-state index is 8.84. The summed E-state index contributed by atoms with van der Waals surface area (Å²) in [5.41, 5.74) is 1.77. The predicted molar refractivity (Wildman–Crippen MR) is 70.5 cm³/mol. The first-order chi connectivity index (χ1) is 9.38. The van der Waals surface area contributed by atoms with Gasteiger partial charge in [0, 0.05) is 18.7 Å². The van der Waals surface area contributed by atoms with E-state index >= 15 is 0 Å². The standard InChI is InChI=1S/C14H14N4O/c15-8-7-11-5-1-2-6-12(11)13-16-14(17-19-13)18-9-3-4-10-18/h1-2,5-6H,3-4,7,9-10H2. The molecule has 0 saturated carbocycles. The highest BCUT2D eigenvalue weighted by molar-refractivity contribution is 5.60. The van der Waals surface area contributed by atoms with E-state index in [2.05, 4.69) is 21.1 Å². The number of hydrogen-bond acceptors (Lipinski definition) is 5. The second kappa shape index (κ2) is 5.11. The minimum absolute atomic E-state index is 0.345. The monoisotopic (exact) mass is 254 g/mol. The van der Waals surface area contributed by atoms with E-state index in [-0.39, 0.29) is 0 Å². The maximum Gasteiger partial charge on any atom is 0.266 e. The van der Waals surface area contributed by atoms with Gasteiger partial charge in [0.25, 0.3) is 11.8 Å². The molecular formula is C14H14N4O. The molecule has 1 saturated heterocycles. The van der Waals surface area contributed by atoms with Crippen molar-refractivity contribution >= 4 is 5.95 Å². The van der Waals surface area contributed by atoms with Crippen molar-refractivity contribution in [1.82, 2.24) is 10.1 Å². The van der Waals surface area contributed by atoms with E-state index < -0.39 is 0 Å². The van der Waals surface area contributed by atoms with E-state index in [0.29, 0.717) is 18.3 Å². The Balaban J connectivity index is 1.92. The molecular weight excluding hydrogens is 240 g/mol. The van der Waals surface area contributed by atoms with Crippen LogP contribution in [0.25, 0.3) is 11.5 Å². The smallest absolute Gasteiger partial charge is 0.266 e. The average Bonchev–Trinajstić information content (AvgIpc) is 3.11. The summed E-state index contributed by atoms with van der Waals surface area (Å²) in [4.78, 5) is 6.57. The van der Waals surface area contributed by atoms with E-state index in [1.807, 2.05) is 24.3 Å². The first-order valence-corrected chi connectivity index (χ1v) is 6.42. The number of aromatic nitrogens is 2. The molecule has 0 amide bonds. The summed E-state index contributed by atoms with van der Waals surface area (Å²) >= 11 is 0. The molecule has 1 aromatic carbocycles. The zero-order valence-corrected chi connectivity index (χ0v) is 10.5. The Hall–Kier alpha value is -2.35. The van der Waals surface area contributed by atoms with Crippen LogP contribution < -0.4 is 4.90 Å². The third kappa shape index (κ3) is 2.29. The number of nitriles is 1. The van der Waals surface area contributed by atoms with Gasteiger partial charge >= 0.3 is 0 Å². The quantitative estimate of drug-likeness (QED) is 0.841. The second-order valence-electron chi connectivity index (χ2n) is 4.59. The first kappa shape index (κ1) is 11.7. The summed E-state index contributed by atoms with van der Waals surface area (Å²) in [6, 6.07) is 9.80. The van der Waals surface area contributed by atoms with Crippen LogP contribution in [0.3, 0.4) is 0 Å². The number of anilines is 1. The van der Waals surface area contributed by atoms with Gasteiger partial charge < -0.3 is 9.42 Å². The van der Waals surface area contributed by atoms with Gasteiger partial charge in [-0.25, -0.2) is 0 Å². The van der Waals surface area contributed by atoms with Gasteiger partial charge in [-0.3, -0.25) is 0 Å². The Morgan fingerprint density at radius 3 is 2.84 bits per heavy atom. The number of nitrogens with zero attached hydrogens (tertiary/aromatic N) is 4. The molecule has 0 spiro atoms. The van der Waals surface area contributed by atoms with Crippen molar-refractivity contribution in [2.24, 2.45) is 0 Å². The van der Waals surface area contributed by atoms with Crippen LogP contribution in [0.2, 0.25) is 0 Å². The first-order valence-electron chi connectivity index (χ1n) is 6.42. The van der Waals surface area contributed by atoms with Crippen LogP contribution in [-0.4, -0.2) is 23.2 Å². The van der Waals surface area contributed by atoms with Crippen LogP contribution in [0.5, 0.6) is 0 Å². The molecule has 96 valence electrons. The molecule has 19 heavy (non-hydrogen) atoms. The maximum absolute atomic E-state index is 8.84. The molecule has 1 aliphatic rings.